The second kappa shape index (κ2) is 8.31. The number of likely N-dealkylation sites (tertiary alicyclic amines) is 1. The van der Waals surface area contributed by atoms with E-state index in [0.29, 0.717) is 12.5 Å². The number of aliphatic imine (C=N–C) groups is 1. The van der Waals surface area contributed by atoms with Crippen molar-refractivity contribution in [3.05, 3.63) is 12.2 Å². The summed E-state index contributed by atoms with van der Waals surface area (Å²) < 4.78 is 1.74. The normalized spacial score (nSPS) is 22.2. The molecule has 2 N–H and O–H groups in total. The molecule has 1 aliphatic carbocycles. The van der Waals surface area contributed by atoms with E-state index in [-0.39, 0.29) is 12.0 Å². The Balaban J connectivity index is 1.46. The van der Waals surface area contributed by atoms with Gasteiger partial charge in [-0.25, -0.2) is 4.98 Å². The molecule has 1 unspecified atom stereocenters. The summed E-state index contributed by atoms with van der Waals surface area (Å²) in [5, 5.41) is 10.7. The summed E-state index contributed by atoms with van der Waals surface area (Å²) in [6, 6.07) is 0.248. The Hall–Kier alpha value is -2.12. The molecule has 1 aliphatic heterocycles. The molecule has 1 aromatic heterocycles. The lowest BCUT2D eigenvalue weighted by Gasteiger charge is -2.26. The van der Waals surface area contributed by atoms with Crippen LogP contribution in [-0.2, 0) is 18.4 Å². The van der Waals surface area contributed by atoms with Crippen molar-refractivity contribution in [1.29, 1.82) is 0 Å². The summed E-state index contributed by atoms with van der Waals surface area (Å²) in [7, 11) is 3.62. The highest BCUT2D eigenvalue weighted by Crippen LogP contribution is 2.26. The van der Waals surface area contributed by atoms with E-state index in [0.717, 1.165) is 44.1 Å². The van der Waals surface area contributed by atoms with Crippen molar-refractivity contribution in [3.63, 3.8) is 0 Å². The van der Waals surface area contributed by atoms with Crippen LogP contribution in [0.4, 0.5) is 0 Å². The summed E-state index contributed by atoms with van der Waals surface area (Å²) in [6.07, 6.45) is 8.31. The zero-order valence-electron chi connectivity index (χ0n) is 15.2. The van der Waals surface area contributed by atoms with Gasteiger partial charge in [0.1, 0.15) is 12.2 Å². The first kappa shape index (κ1) is 17.7. The second-order valence-electron chi connectivity index (χ2n) is 6.97. The van der Waals surface area contributed by atoms with Crippen LogP contribution in [0.15, 0.2) is 11.3 Å². The van der Waals surface area contributed by atoms with E-state index in [1.54, 1.807) is 18.1 Å². The lowest BCUT2D eigenvalue weighted by molar-refractivity contribution is -0.135. The second-order valence-corrected chi connectivity index (χ2v) is 6.97. The van der Waals surface area contributed by atoms with E-state index in [9.17, 15) is 4.79 Å². The molecular weight excluding hydrogens is 318 g/mol. The van der Waals surface area contributed by atoms with Gasteiger partial charge in [0.05, 0.1) is 6.54 Å². The van der Waals surface area contributed by atoms with Crippen molar-refractivity contribution >= 4 is 11.9 Å². The maximum absolute atomic E-state index is 12.7. The molecule has 0 aromatic carbocycles. The van der Waals surface area contributed by atoms with E-state index < -0.39 is 0 Å². The minimum atomic E-state index is 0.248. The van der Waals surface area contributed by atoms with E-state index in [1.165, 1.54) is 19.3 Å². The van der Waals surface area contributed by atoms with Gasteiger partial charge in [0.2, 0.25) is 5.91 Å². The average molecular weight is 347 g/mol. The predicted molar refractivity (Wildman–Crippen MR) is 95.9 cm³/mol. The number of nitrogens with zero attached hydrogens (tertiary/aromatic N) is 5. The first-order valence-electron chi connectivity index (χ1n) is 9.26. The number of nitrogens with one attached hydrogen (secondary N) is 2. The van der Waals surface area contributed by atoms with Gasteiger partial charge >= 0.3 is 0 Å². The summed E-state index contributed by atoms with van der Waals surface area (Å²) in [5.41, 5.74) is 0. The van der Waals surface area contributed by atoms with Crippen LogP contribution in [0.25, 0.3) is 0 Å². The van der Waals surface area contributed by atoms with Gasteiger partial charge in [-0.2, -0.15) is 5.10 Å². The molecule has 2 aliphatic rings. The molecule has 3 rings (SSSR count). The quantitative estimate of drug-likeness (QED) is 0.617. The Labute approximate surface area is 149 Å². The highest BCUT2D eigenvalue weighted by atomic mass is 16.2. The lowest BCUT2D eigenvalue weighted by atomic mass is 9.88. The standard InChI is InChI=1S/C17H29N7O/c1-18-17(19-10-15-20-12-21-23(15)2)22-14-8-9-24(11-14)16(25)13-6-4-3-5-7-13/h12-14H,3-11H2,1-2H3,(H2,18,19,22). The van der Waals surface area contributed by atoms with Crippen LogP contribution in [0.1, 0.15) is 44.3 Å². The molecule has 2 heterocycles. The van der Waals surface area contributed by atoms with E-state index in [1.807, 2.05) is 11.9 Å². The van der Waals surface area contributed by atoms with Crippen molar-refractivity contribution in [2.45, 2.75) is 51.1 Å². The molecule has 0 bridgehead atoms. The number of aromatic nitrogens is 3. The molecule has 2 fully saturated rings. The van der Waals surface area contributed by atoms with Crippen molar-refractivity contribution in [3.8, 4) is 0 Å². The third-order valence-electron chi connectivity index (χ3n) is 5.24. The van der Waals surface area contributed by atoms with Crippen molar-refractivity contribution in [2.75, 3.05) is 20.1 Å². The Morgan fingerprint density at radius 1 is 1.32 bits per heavy atom. The predicted octanol–water partition coefficient (Wildman–Crippen LogP) is 0.661. The van der Waals surface area contributed by atoms with Crippen LogP contribution in [0.2, 0.25) is 0 Å². The van der Waals surface area contributed by atoms with Gasteiger partial charge in [-0.3, -0.25) is 14.5 Å². The molecule has 8 heteroatoms. The number of hydrogen-bond donors (Lipinski definition) is 2. The first-order valence-corrected chi connectivity index (χ1v) is 9.26. The Kier molecular flexibility index (Phi) is 5.88. The number of guanidine groups is 1. The highest BCUT2D eigenvalue weighted by Gasteiger charge is 2.31. The topological polar surface area (TPSA) is 87.4 Å². The third-order valence-corrected chi connectivity index (χ3v) is 5.24. The van der Waals surface area contributed by atoms with Gasteiger partial charge in [-0.1, -0.05) is 19.3 Å². The number of aryl methyl sites for hydroxylation is 1. The maximum Gasteiger partial charge on any atom is 0.225 e. The third kappa shape index (κ3) is 4.49. The summed E-state index contributed by atoms with van der Waals surface area (Å²) >= 11 is 0. The number of carbonyl (C=O) groups is 1. The van der Waals surface area contributed by atoms with Gasteiger partial charge in [0.25, 0.3) is 0 Å². The van der Waals surface area contributed by atoms with E-state index in [4.69, 9.17) is 0 Å². The van der Waals surface area contributed by atoms with Crippen molar-refractivity contribution < 1.29 is 4.79 Å². The molecule has 1 saturated carbocycles. The molecule has 1 aromatic rings. The number of carbonyl (C=O) groups excluding carboxylic acids is 1. The largest absolute Gasteiger partial charge is 0.352 e. The average Bonchev–Trinajstić information content (AvgIpc) is 3.27. The van der Waals surface area contributed by atoms with Gasteiger partial charge in [-0.05, 0) is 19.3 Å². The number of amides is 1. The molecule has 8 nitrogen and oxygen atoms in total. The highest BCUT2D eigenvalue weighted by molar-refractivity contribution is 5.81. The monoisotopic (exact) mass is 347 g/mol. The zero-order chi connectivity index (χ0) is 17.6. The SMILES string of the molecule is CN=C(NCc1ncnn1C)NC1CCN(C(=O)C2CCCCC2)C1. The fourth-order valence-corrected chi connectivity index (χ4v) is 3.72. The van der Waals surface area contributed by atoms with Crippen LogP contribution in [0, 0.1) is 5.92 Å². The van der Waals surface area contributed by atoms with Crippen molar-refractivity contribution in [1.82, 2.24) is 30.3 Å². The summed E-state index contributed by atoms with van der Waals surface area (Å²) in [6.45, 7) is 2.17. The smallest absolute Gasteiger partial charge is 0.225 e. The Bertz CT molecular complexity index is 606. The molecule has 25 heavy (non-hydrogen) atoms. The Morgan fingerprint density at radius 3 is 2.80 bits per heavy atom. The van der Waals surface area contributed by atoms with Gasteiger partial charge in [0, 0.05) is 39.1 Å². The zero-order valence-corrected chi connectivity index (χ0v) is 15.2. The van der Waals surface area contributed by atoms with E-state index in [2.05, 4.69) is 25.7 Å². The lowest BCUT2D eigenvalue weighted by Crippen LogP contribution is -2.45. The molecule has 1 atom stereocenters. The fraction of sp³-hybridized carbons (Fsp3) is 0.765. The summed E-state index contributed by atoms with van der Waals surface area (Å²) in [4.78, 5) is 23.2. The van der Waals surface area contributed by atoms with Crippen molar-refractivity contribution in [2.24, 2.45) is 18.0 Å². The first-order chi connectivity index (χ1) is 12.2. The summed E-state index contributed by atoms with van der Waals surface area (Å²) in [5.74, 6) is 2.19. The molecule has 138 valence electrons. The number of rotatable bonds is 4. The van der Waals surface area contributed by atoms with Gasteiger partial charge < -0.3 is 15.5 Å². The molecule has 0 radical (unpaired) electrons. The van der Waals surface area contributed by atoms with Gasteiger partial charge in [-0.15, -0.1) is 0 Å². The number of hydrogen-bond acceptors (Lipinski definition) is 4. The molecule has 1 amide bonds. The Morgan fingerprint density at radius 2 is 2.12 bits per heavy atom. The van der Waals surface area contributed by atoms with E-state index >= 15 is 0 Å². The molecule has 1 saturated heterocycles. The van der Waals surface area contributed by atoms with Crippen LogP contribution < -0.4 is 10.6 Å². The van der Waals surface area contributed by atoms with Crippen LogP contribution in [-0.4, -0.2) is 57.7 Å². The minimum absolute atomic E-state index is 0.248. The minimum Gasteiger partial charge on any atom is -0.352 e. The molecule has 0 spiro atoms. The van der Waals surface area contributed by atoms with Gasteiger partial charge in [0.15, 0.2) is 5.96 Å². The molecular formula is C17H29N7O. The fourth-order valence-electron chi connectivity index (χ4n) is 3.72. The van der Waals surface area contributed by atoms with Crippen LogP contribution >= 0.6 is 0 Å². The maximum atomic E-state index is 12.7. The van der Waals surface area contributed by atoms with Crippen LogP contribution in [0.5, 0.6) is 0 Å². The van der Waals surface area contributed by atoms with Crippen LogP contribution in [0.3, 0.4) is 0 Å².